The van der Waals surface area contributed by atoms with E-state index in [0.29, 0.717) is 10.5 Å². The molecule has 0 aliphatic heterocycles. The molecule has 5 nitrogen and oxygen atoms in total. The number of hydrogen-bond acceptors (Lipinski definition) is 4. The second kappa shape index (κ2) is 9.37. The van der Waals surface area contributed by atoms with Gasteiger partial charge in [0.05, 0.1) is 4.90 Å². The van der Waals surface area contributed by atoms with Gasteiger partial charge in [0.1, 0.15) is 5.58 Å². The van der Waals surface area contributed by atoms with Gasteiger partial charge in [-0.1, -0.05) is 66.7 Å². The molecular weight excluding hydrogens is 444 g/mol. The number of carbonyl (C=O) groups excluding carboxylic acids is 1. The summed E-state index contributed by atoms with van der Waals surface area (Å²) in [4.78, 5) is 15.4. The lowest BCUT2D eigenvalue weighted by Crippen LogP contribution is -2.25. The van der Waals surface area contributed by atoms with Crippen LogP contribution in [0.4, 0.5) is 11.4 Å². The third-order valence-electron chi connectivity index (χ3n) is 5.62. The Kier molecular flexibility index (Phi) is 5.97. The minimum atomic E-state index is -1.75. The van der Waals surface area contributed by atoms with Gasteiger partial charge in [0.25, 0.3) is 5.91 Å². The fraction of sp³-hybridized carbons (Fsp3) is 0.0357. The molecule has 5 aromatic rings. The van der Waals surface area contributed by atoms with Crippen LogP contribution < -0.4 is 9.62 Å². The molecule has 6 heteroatoms. The van der Waals surface area contributed by atoms with Crippen molar-refractivity contribution in [2.45, 2.75) is 4.90 Å². The van der Waals surface area contributed by atoms with Crippen LogP contribution in [0, 0.1) is 0 Å². The fourth-order valence-electron chi connectivity index (χ4n) is 3.82. The van der Waals surface area contributed by atoms with Crippen LogP contribution in [0.3, 0.4) is 0 Å². The van der Waals surface area contributed by atoms with E-state index in [2.05, 4.69) is 4.72 Å². The van der Waals surface area contributed by atoms with Crippen LogP contribution in [0.1, 0.15) is 10.6 Å². The summed E-state index contributed by atoms with van der Waals surface area (Å²) in [5, 5.41) is 0.797. The van der Waals surface area contributed by atoms with Crippen molar-refractivity contribution >= 4 is 39.2 Å². The Morgan fingerprint density at radius 3 is 2.24 bits per heavy atom. The molecule has 0 saturated carbocycles. The summed E-state index contributed by atoms with van der Waals surface area (Å²) < 4.78 is 21.5. The minimum Gasteiger partial charge on any atom is -0.451 e. The molecule has 1 unspecified atom stereocenters. The van der Waals surface area contributed by atoms with E-state index < -0.39 is 16.9 Å². The summed E-state index contributed by atoms with van der Waals surface area (Å²) in [7, 11) is 0.220. The van der Waals surface area contributed by atoms with Crippen molar-refractivity contribution < 1.29 is 13.4 Å². The molecule has 1 aromatic heterocycles. The van der Waals surface area contributed by atoms with Crippen molar-refractivity contribution in [2.75, 3.05) is 11.9 Å². The van der Waals surface area contributed by atoms with Crippen LogP contribution in [0.5, 0.6) is 0 Å². The summed E-state index contributed by atoms with van der Waals surface area (Å²) in [6.07, 6.45) is 0. The van der Waals surface area contributed by atoms with Crippen molar-refractivity contribution in [2.24, 2.45) is 0 Å². The van der Waals surface area contributed by atoms with E-state index in [0.717, 1.165) is 27.9 Å². The summed E-state index contributed by atoms with van der Waals surface area (Å²) in [5.74, 6) is -0.421. The van der Waals surface area contributed by atoms with Gasteiger partial charge >= 0.3 is 0 Å². The van der Waals surface area contributed by atoms with E-state index >= 15 is 0 Å². The second-order valence-electron chi connectivity index (χ2n) is 7.79. The molecule has 34 heavy (non-hydrogen) atoms. The van der Waals surface area contributed by atoms with E-state index in [4.69, 9.17) is 4.42 Å². The number of carbonyl (C=O) groups is 1. The number of anilines is 2. The van der Waals surface area contributed by atoms with Gasteiger partial charge in [0, 0.05) is 29.9 Å². The third-order valence-corrected chi connectivity index (χ3v) is 6.74. The van der Waals surface area contributed by atoms with Crippen molar-refractivity contribution in [3.8, 4) is 11.1 Å². The van der Waals surface area contributed by atoms with E-state index in [1.807, 2.05) is 103 Å². The lowest BCUT2D eigenvalue weighted by molar-refractivity contribution is 0.0958. The first-order chi connectivity index (χ1) is 16.6. The molecule has 0 spiro atoms. The van der Waals surface area contributed by atoms with Crippen molar-refractivity contribution in [3.05, 3.63) is 115 Å². The number of benzene rings is 4. The molecule has 1 heterocycles. The summed E-state index contributed by atoms with van der Waals surface area (Å²) in [6.45, 7) is 0. The van der Waals surface area contributed by atoms with Gasteiger partial charge in [-0.3, -0.25) is 9.52 Å². The molecule has 0 fully saturated rings. The van der Waals surface area contributed by atoms with E-state index in [1.165, 1.54) is 0 Å². The highest BCUT2D eigenvalue weighted by Gasteiger charge is 2.18. The highest BCUT2D eigenvalue weighted by molar-refractivity contribution is 7.83. The van der Waals surface area contributed by atoms with Gasteiger partial charge in [-0.05, 0) is 47.5 Å². The topological polar surface area (TPSA) is 62.6 Å². The Morgan fingerprint density at radius 1 is 0.794 bits per heavy atom. The largest absolute Gasteiger partial charge is 0.451 e. The normalized spacial score (nSPS) is 11.8. The van der Waals surface area contributed by atoms with Gasteiger partial charge in [0.15, 0.2) is 16.7 Å². The maximum absolute atomic E-state index is 13.1. The standard InChI is InChI=1S/C28H22N2O3S/c1-30(22-12-6-3-7-13-22)23-17-16-21-18-26(33-25(21)19-23)28(31)29-34(32)27-15-9-8-14-24(27)20-10-4-2-5-11-20/h2-19H,1H3,(H,29,31). The van der Waals surface area contributed by atoms with Crippen LogP contribution in [0.15, 0.2) is 119 Å². The van der Waals surface area contributed by atoms with E-state index in [9.17, 15) is 9.00 Å². The zero-order chi connectivity index (χ0) is 23.5. The highest BCUT2D eigenvalue weighted by atomic mass is 32.2. The Balaban J connectivity index is 1.38. The maximum Gasteiger partial charge on any atom is 0.298 e. The zero-order valence-corrected chi connectivity index (χ0v) is 19.3. The second-order valence-corrected chi connectivity index (χ2v) is 8.97. The molecule has 0 aliphatic rings. The van der Waals surface area contributed by atoms with E-state index in [1.54, 1.807) is 18.2 Å². The number of para-hydroxylation sites is 1. The average Bonchev–Trinajstić information content (AvgIpc) is 3.33. The molecule has 0 radical (unpaired) electrons. The Bertz CT molecular complexity index is 1480. The molecule has 1 amide bonds. The molecule has 0 saturated heterocycles. The lowest BCUT2D eigenvalue weighted by Gasteiger charge is -2.19. The minimum absolute atomic E-state index is 0.111. The number of amides is 1. The van der Waals surface area contributed by atoms with E-state index in [-0.39, 0.29) is 5.76 Å². The molecule has 0 bridgehead atoms. The van der Waals surface area contributed by atoms with Gasteiger partial charge in [-0.25, -0.2) is 4.21 Å². The summed E-state index contributed by atoms with van der Waals surface area (Å²) >= 11 is 0. The van der Waals surface area contributed by atoms with Gasteiger partial charge < -0.3 is 9.32 Å². The quantitative estimate of drug-likeness (QED) is 0.318. The summed E-state index contributed by atoms with van der Waals surface area (Å²) in [6, 6.07) is 34.4. The molecule has 168 valence electrons. The first-order valence-corrected chi connectivity index (χ1v) is 11.9. The van der Waals surface area contributed by atoms with Gasteiger partial charge in [-0.15, -0.1) is 0 Å². The number of fused-ring (bicyclic) bond motifs is 1. The van der Waals surface area contributed by atoms with Gasteiger partial charge in [-0.2, -0.15) is 0 Å². The molecular formula is C28H22N2O3S. The van der Waals surface area contributed by atoms with Crippen molar-refractivity contribution in [1.29, 1.82) is 0 Å². The Morgan fingerprint density at radius 2 is 1.47 bits per heavy atom. The molecule has 1 N–H and O–H groups in total. The third kappa shape index (κ3) is 4.36. The number of hydrogen-bond donors (Lipinski definition) is 1. The van der Waals surface area contributed by atoms with Crippen LogP contribution in [-0.4, -0.2) is 17.2 Å². The molecule has 1 atom stereocenters. The summed E-state index contributed by atoms with van der Waals surface area (Å²) in [5.41, 5.74) is 4.29. The van der Waals surface area contributed by atoms with Crippen molar-refractivity contribution in [3.63, 3.8) is 0 Å². The Hall–Kier alpha value is -4.16. The number of nitrogens with one attached hydrogen (secondary N) is 1. The highest BCUT2D eigenvalue weighted by Crippen LogP contribution is 2.29. The first kappa shape index (κ1) is 21.7. The van der Waals surface area contributed by atoms with Crippen LogP contribution >= 0.6 is 0 Å². The molecule has 0 aliphatic carbocycles. The molecule has 4 aromatic carbocycles. The number of nitrogens with zero attached hydrogens (tertiary/aromatic N) is 1. The number of furan rings is 1. The SMILES string of the molecule is CN(c1ccccc1)c1ccc2cc(C(=O)NS(=O)c3ccccc3-c3ccccc3)oc2c1. The van der Waals surface area contributed by atoms with Crippen LogP contribution in [0.2, 0.25) is 0 Å². The predicted octanol–water partition coefficient (Wildman–Crippen LogP) is 6.32. The number of rotatable bonds is 6. The lowest BCUT2D eigenvalue weighted by atomic mass is 10.1. The van der Waals surface area contributed by atoms with Crippen molar-refractivity contribution in [1.82, 2.24) is 4.72 Å². The Labute approximate surface area is 200 Å². The predicted molar refractivity (Wildman–Crippen MR) is 136 cm³/mol. The maximum atomic E-state index is 13.1. The fourth-order valence-corrected chi connectivity index (χ4v) is 4.78. The van der Waals surface area contributed by atoms with Gasteiger partial charge in [0.2, 0.25) is 0 Å². The van der Waals surface area contributed by atoms with Crippen LogP contribution in [0.25, 0.3) is 22.1 Å². The molecule has 5 rings (SSSR count). The van der Waals surface area contributed by atoms with Crippen LogP contribution in [-0.2, 0) is 11.0 Å². The zero-order valence-electron chi connectivity index (χ0n) is 18.5. The smallest absolute Gasteiger partial charge is 0.298 e. The average molecular weight is 467 g/mol. The first-order valence-electron chi connectivity index (χ1n) is 10.8. The monoisotopic (exact) mass is 466 g/mol.